The van der Waals surface area contributed by atoms with Crippen molar-refractivity contribution < 1.29 is 27.0 Å². The predicted octanol–water partition coefficient (Wildman–Crippen LogP) is 4.42. The molecule has 0 aliphatic carbocycles. The maximum absolute atomic E-state index is 13.5. The van der Waals surface area contributed by atoms with Crippen LogP contribution in [0.15, 0.2) is 46.7 Å². The number of sulfone groups is 1. The Labute approximate surface area is 196 Å². The van der Waals surface area contributed by atoms with E-state index in [1.807, 2.05) is 17.5 Å². The monoisotopic (exact) mass is 492 g/mol. The van der Waals surface area contributed by atoms with Gasteiger partial charge in [0.2, 0.25) is 5.75 Å². The molecule has 0 N–H and O–H groups in total. The second-order valence-electron chi connectivity index (χ2n) is 7.62. The zero-order valence-electron chi connectivity index (χ0n) is 18.6. The van der Waals surface area contributed by atoms with E-state index in [2.05, 4.69) is 4.90 Å². The third-order valence-electron chi connectivity index (χ3n) is 5.73. The molecule has 0 amide bonds. The van der Waals surface area contributed by atoms with E-state index in [4.69, 9.17) is 19.2 Å². The molecule has 10 heteroatoms. The van der Waals surface area contributed by atoms with Crippen LogP contribution in [-0.4, -0.2) is 53.1 Å². The molecule has 0 saturated carbocycles. The smallest absolute Gasteiger partial charge is 0.203 e. The second-order valence-corrected chi connectivity index (χ2v) is 10.7. The molecule has 0 atom stereocenters. The van der Waals surface area contributed by atoms with E-state index in [9.17, 15) is 12.8 Å². The van der Waals surface area contributed by atoms with Gasteiger partial charge in [0.25, 0.3) is 0 Å². The summed E-state index contributed by atoms with van der Waals surface area (Å²) in [6.07, 6.45) is 0.913. The van der Waals surface area contributed by atoms with Crippen molar-refractivity contribution >= 4 is 26.3 Å². The number of ether oxygens (including phenoxy) is 3. The van der Waals surface area contributed by atoms with Crippen LogP contribution >= 0.6 is 11.3 Å². The summed E-state index contributed by atoms with van der Waals surface area (Å²) in [6, 6.07) is 8.91. The third kappa shape index (κ3) is 4.63. The highest BCUT2D eigenvalue weighted by Gasteiger charge is 2.32. The maximum atomic E-state index is 13.5. The lowest BCUT2D eigenvalue weighted by atomic mass is 10.1. The minimum absolute atomic E-state index is 0.0416. The summed E-state index contributed by atoms with van der Waals surface area (Å²) in [5.74, 6) is 1.06. The predicted molar refractivity (Wildman–Crippen MR) is 126 cm³/mol. The number of hydrogen-bond acceptors (Lipinski definition) is 8. The molecule has 0 unspecified atom stereocenters. The number of piperidine rings is 1. The van der Waals surface area contributed by atoms with Crippen molar-refractivity contribution in [1.29, 1.82) is 0 Å². The number of benzene rings is 2. The molecular weight excluding hydrogens is 467 g/mol. The first-order chi connectivity index (χ1) is 15.9. The van der Waals surface area contributed by atoms with E-state index < -0.39 is 20.9 Å². The van der Waals surface area contributed by atoms with Gasteiger partial charge in [-0.3, -0.25) is 0 Å². The minimum Gasteiger partial charge on any atom is -0.493 e. The Kier molecular flexibility index (Phi) is 6.76. The SMILES string of the molecule is COc1cc(-c2csc(N3CCC(S(=O)(=O)c4cccc(F)c4)CC3)n2)cc(OC)c1OC. The highest BCUT2D eigenvalue weighted by atomic mass is 32.2. The fraction of sp³-hybridized carbons (Fsp3) is 0.348. The zero-order valence-corrected chi connectivity index (χ0v) is 20.2. The molecule has 7 nitrogen and oxygen atoms in total. The van der Waals surface area contributed by atoms with Gasteiger partial charge in [0.15, 0.2) is 26.5 Å². The fourth-order valence-electron chi connectivity index (χ4n) is 3.96. The highest BCUT2D eigenvalue weighted by Crippen LogP contribution is 2.42. The van der Waals surface area contributed by atoms with Gasteiger partial charge >= 0.3 is 0 Å². The van der Waals surface area contributed by atoms with E-state index in [0.717, 1.165) is 22.5 Å². The van der Waals surface area contributed by atoms with Gasteiger partial charge in [-0.25, -0.2) is 17.8 Å². The molecule has 3 aromatic rings. The van der Waals surface area contributed by atoms with Crippen molar-refractivity contribution in [2.45, 2.75) is 23.0 Å². The van der Waals surface area contributed by atoms with Crippen LogP contribution in [0.1, 0.15) is 12.8 Å². The average Bonchev–Trinajstić information content (AvgIpc) is 3.33. The first-order valence-corrected chi connectivity index (χ1v) is 12.8. The Morgan fingerprint density at radius 1 is 1.03 bits per heavy atom. The van der Waals surface area contributed by atoms with Gasteiger partial charge in [-0.05, 0) is 43.2 Å². The van der Waals surface area contributed by atoms with E-state index in [1.54, 1.807) is 21.3 Å². The second kappa shape index (κ2) is 9.56. The lowest BCUT2D eigenvalue weighted by Gasteiger charge is -2.31. The Hall–Kier alpha value is -2.85. The molecule has 1 aromatic heterocycles. The third-order valence-corrected chi connectivity index (χ3v) is 8.89. The van der Waals surface area contributed by atoms with Crippen LogP contribution in [0.5, 0.6) is 17.2 Å². The number of aromatic nitrogens is 1. The van der Waals surface area contributed by atoms with E-state index >= 15 is 0 Å². The number of rotatable bonds is 7. The van der Waals surface area contributed by atoms with Crippen molar-refractivity contribution in [3.8, 4) is 28.5 Å². The number of thiazole rings is 1. The average molecular weight is 493 g/mol. The number of hydrogen-bond donors (Lipinski definition) is 0. The zero-order chi connectivity index (χ0) is 23.6. The molecule has 1 fully saturated rings. The van der Waals surface area contributed by atoms with Crippen molar-refractivity contribution in [1.82, 2.24) is 4.98 Å². The highest BCUT2D eigenvalue weighted by molar-refractivity contribution is 7.92. The lowest BCUT2D eigenvalue weighted by molar-refractivity contribution is 0.324. The Bertz CT molecular complexity index is 1210. The largest absolute Gasteiger partial charge is 0.493 e. The Morgan fingerprint density at radius 3 is 2.27 bits per heavy atom. The van der Waals surface area contributed by atoms with Crippen molar-refractivity contribution in [3.63, 3.8) is 0 Å². The van der Waals surface area contributed by atoms with Gasteiger partial charge in [0.05, 0.1) is 37.2 Å². The first kappa shape index (κ1) is 23.3. The van der Waals surface area contributed by atoms with E-state index in [-0.39, 0.29) is 4.90 Å². The van der Waals surface area contributed by atoms with Crippen molar-refractivity contribution in [2.75, 3.05) is 39.3 Å². The van der Waals surface area contributed by atoms with Crippen LogP contribution in [0.4, 0.5) is 9.52 Å². The van der Waals surface area contributed by atoms with Crippen LogP contribution in [-0.2, 0) is 9.84 Å². The summed E-state index contributed by atoms with van der Waals surface area (Å²) >= 11 is 1.50. The van der Waals surface area contributed by atoms with Crippen LogP contribution < -0.4 is 19.1 Å². The van der Waals surface area contributed by atoms with Gasteiger partial charge in [0.1, 0.15) is 5.82 Å². The molecule has 0 bridgehead atoms. The molecule has 176 valence electrons. The molecule has 1 aliphatic heterocycles. The fourth-order valence-corrected chi connectivity index (χ4v) is 6.61. The number of methoxy groups -OCH3 is 3. The summed E-state index contributed by atoms with van der Waals surface area (Å²) in [7, 11) is 1.11. The molecule has 0 radical (unpaired) electrons. The van der Waals surface area contributed by atoms with Gasteiger partial charge in [0, 0.05) is 24.0 Å². The molecule has 1 aliphatic rings. The van der Waals surface area contributed by atoms with E-state index in [0.29, 0.717) is 43.2 Å². The van der Waals surface area contributed by atoms with Crippen LogP contribution in [0, 0.1) is 5.82 Å². The quantitative estimate of drug-likeness (QED) is 0.483. The standard InChI is InChI=1S/C23H25FN2O5S2/c1-29-20-11-15(12-21(30-2)22(20)31-3)19-14-32-23(25-19)26-9-7-17(8-10-26)33(27,28)18-6-4-5-16(24)13-18/h4-6,11-14,17H,7-10H2,1-3H3. The number of nitrogens with zero attached hydrogens (tertiary/aromatic N) is 2. The maximum Gasteiger partial charge on any atom is 0.203 e. The van der Waals surface area contributed by atoms with Gasteiger partial charge in [-0.2, -0.15) is 0 Å². The van der Waals surface area contributed by atoms with Crippen LogP contribution in [0.2, 0.25) is 0 Å². The van der Waals surface area contributed by atoms with Gasteiger partial charge in [-0.15, -0.1) is 11.3 Å². The van der Waals surface area contributed by atoms with Gasteiger partial charge in [-0.1, -0.05) is 6.07 Å². The normalized spacial score (nSPS) is 14.8. The lowest BCUT2D eigenvalue weighted by Crippen LogP contribution is -2.39. The molecule has 2 heterocycles. The molecule has 0 spiro atoms. The Balaban J connectivity index is 1.50. The molecule has 4 rings (SSSR count). The molecule has 33 heavy (non-hydrogen) atoms. The Morgan fingerprint density at radius 2 is 1.70 bits per heavy atom. The summed E-state index contributed by atoms with van der Waals surface area (Å²) in [5.41, 5.74) is 1.60. The van der Waals surface area contributed by atoms with Crippen LogP contribution in [0.3, 0.4) is 0 Å². The molecule has 2 aromatic carbocycles. The van der Waals surface area contributed by atoms with Crippen molar-refractivity contribution in [3.05, 3.63) is 47.6 Å². The molecule has 1 saturated heterocycles. The van der Waals surface area contributed by atoms with E-state index in [1.165, 1.54) is 29.5 Å². The van der Waals surface area contributed by atoms with Crippen LogP contribution in [0.25, 0.3) is 11.3 Å². The number of halogens is 1. The van der Waals surface area contributed by atoms with Crippen molar-refractivity contribution in [2.24, 2.45) is 0 Å². The summed E-state index contributed by atoms with van der Waals surface area (Å²) in [5, 5.41) is 2.23. The topological polar surface area (TPSA) is 78.0 Å². The summed E-state index contributed by atoms with van der Waals surface area (Å²) < 4.78 is 55.6. The number of anilines is 1. The van der Waals surface area contributed by atoms with Gasteiger partial charge < -0.3 is 19.1 Å². The first-order valence-electron chi connectivity index (χ1n) is 10.4. The summed E-state index contributed by atoms with van der Waals surface area (Å²) in [4.78, 5) is 6.89. The summed E-state index contributed by atoms with van der Waals surface area (Å²) in [6.45, 7) is 1.11. The minimum atomic E-state index is -3.57. The molecular formula is C23H25FN2O5S2.